The fourth-order valence-electron chi connectivity index (χ4n) is 3.46. The van der Waals surface area contributed by atoms with Crippen molar-refractivity contribution >= 4 is 15.7 Å². The molecule has 0 radical (unpaired) electrons. The van der Waals surface area contributed by atoms with Crippen LogP contribution in [0.15, 0.2) is 29.2 Å². The van der Waals surface area contributed by atoms with Gasteiger partial charge in [-0.05, 0) is 38.3 Å². The Morgan fingerprint density at radius 3 is 2.68 bits per heavy atom. The van der Waals surface area contributed by atoms with Gasteiger partial charge in [-0.15, -0.1) is 0 Å². The average Bonchev–Trinajstić information content (AvgIpc) is 3.18. The van der Waals surface area contributed by atoms with Crippen LogP contribution in [0.25, 0.3) is 0 Å². The van der Waals surface area contributed by atoms with Crippen molar-refractivity contribution in [1.82, 2.24) is 9.62 Å². The second-order valence-corrected chi connectivity index (χ2v) is 7.61. The quantitative estimate of drug-likeness (QED) is 0.669. The molecule has 2 aliphatic rings. The largest absolute Gasteiger partial charge is 0.312 e. The van der Waals surface area contributed by atoms with E-state index in [2.05, 4.69) is 5.32 Å². The number of sulfonamides is 1. The Balaban J connectivity index is 1.97. The third-order valence-corrected chi connectivity index (χ3v) is 6.43. The van der Waals surface area contributed by atoms with Gasteiger partial charge in [0.15, 0.2) is 4.90 Å². The zero-order chi connectivity index (χ0) is 15.7. The number of nitro groups is 1. The van der Waals surface area contributed by atoms with Crippen molar-refractivity contribution in [1.29, 1.82) is 0 Å². The van der Waals surface area contributed by atoms with E-state index in [-0.39, 0.29) is 22.7 Å². The molecule has 2 unspecified atom stereocenters. The number of nitrogens with one attached hydrogen (secondary N) is 1. The molecule has 2 fully saturated rings. The van der Waals surface area contributed by atoms with Crippen molar-refractivity contribution in [3.63, 3.8) is 0 Å². The van der Waals surface area contributed by atoms with E-state index in [1.165, 1.54) is 28.6 Å². The smallest absolute Gasteiger partial charge is 0.289 e. The molecule has 0 bridgehead atoms. The Kier molecular flexibility index (Phi) is 4.16. The zero-order valence-electron chi connectivity index (χ0n) is 12.1. The average molecular weight is 325 g/mol. The van der Waals surface area contributed by atoms with E-state index < -0.39 is 14.9 Å². The summed E-state index contributed by atoms with van der Waals surface area (Å²) in [4.78, 5) is 10.3. The van der Waals surface area contributed by atoms with Gasteiger partial charge in [0.25, 0.3) is 5.69 Å². The van der Waals surface area contributed by atoms with Gasteiger partial charge in [0.2, 0.25) is 10.0 Å². The molecule has 8 heteroatoms. The van der Waals surface area contributed by atoms with Crippen LogP contribution in [0.5, 0.6) is 0 Å². The summed E-state index contributed by atoms with van der Waals surface area (Å²) in [5.41, 5.74) is -0.354. The van der Waals surface area contributed by atoms with Crippen LogP contribution in [0, 0.1) is 10.1 Å². The molecule has 1 aromatic carbocycles. The van der Waals surface area contributed by atoms with E-state index in [9.17, 15) is 18.5 Å². The first-order valence-electron chi connectivity index (χ1n) is 7.50. The molecular formula is C14H19N3O4S. The standard InChI is InChI=1S/C14H19N3O4S/c18-17(19)13-6-1-2-8-14(13)22(20,21)16-10-4-7-12(16)11-5-3-9-15-11/h1-2,6,8,11-12,15H,3-5,7,9-10H2. The topological polar surface area (TPSA) is 92.5 Å². The summed E-state index contributed by atoms with van der Waals surface area (Å²) in [7, 11) is -3.85. The third-order valence-electron chi connectivity index (χ3n) is 4.46. The first kappa shape index (κ1) is 15.4. The summed E-state index contributed by atoms with van der Waals surface area (Å²) < 4.78 is 27.3. The van der Waals surface area contributed by atoms with Crippen LogP contribution in [-0.4, -0.2) is 42.8 Å². The van der Waals surface area contributed by atoms with Gasteiger partial charge in [-0.25, -0.2) is 8.42 Å². The molecule has 0 aliphatic carbocycles. The maximum Gasteiger partial charge on any atom is 0.289 e. The summed E-state index contributed by atoms with van der Waals surface area (Å²) in [5, 5.41) is 14.5. The van der Waals surface area contributed by atoms with E-state index in [1.807, 2.05) is 0 Å². The lowest BCUT2D eigenvalue weighted by atomic mass is 10.1. The number of hydrogen-bond acceptors (Lipinski definition) is 5. The predicted octanol–water partition coefficient (Wildman–Crippen LogP) is 1.50. The lowest BCUT2D eigenvalue weighted by molar-refractivity contribution is -0.387. The minimum absolute atomic E-state index is 0.104. The van der Waals surface area contributed by atoms with Gasteiger partial charge in [-0.2, -0.15) is 4.31 Å². The minimum Gasteiger partial charge on any atom is -0.312 e. The molecule has 2 heterocycles. The van der Waals surface area contributed by atoms with Crippen molar-refractivity contribution in [2.45, 2.75) is 42.7 Å². The van der Waals surface area contributed by atoms with Crippen molar-refractivity contribution in [2.24, 2.45) is 0 Å². The van der Waals surface area contributed by atoms with Gasteiger partial charge >= 0.3 is 0 Å². The molecule has 22 heavy (non-hydrogen) atoms. The highest BCUT2D eigenvalue weighted by atomic mass is 32.2. The summed E-state index contributed by atoms with van der Waals surface area (Å²) in [5.74, 6) is 0. The van der Waals surface area contributed by atoms with E-state index in [0.717, 1.165) is 32.2 Å². The molecule has 120 valence electrons. The Bertz CT molecular complexity index is 670. The number of rotatable bonds is 4. The summed E-state index contributed by atoms with van der Waals surface area (Å²) in [6.45, 7) is 1.33. The zero-order valence-corrected chi connectivity index (χ0v) is 13.0. The molecule has 2 saturated heterocycles. The van der Waals surface area contributed by atoms with Crippen LogP contribution < -0.4 is 5.32 Å². The van der Waals surface area contributed by atoms with Gasteiger partial charge in [-0.1, -0.05) is 12.1 Å². The normalized spacial score (nSPS) is 26.4. The maximum atomic E-state index is 12.9. The van der Waals surface area contributed by atoms with Gasteiger partial charge in [0, 0.05) is 24.7 Å². The molecule has 2 aliphatic heterocycles. The first-order chi connectivity index (χ1) is 10.5. The fraction of sp³-hybridized carbons (Fsp3) is 0.571. The van der Waals surface area contributed by atoms with Crippen molar-refractivity contribution in [3.8, 4) is 0 Å². The highest BCUT2D eigenvalue weighted by molar-refractivity contribution is 7.89. The number of benzene rings is 1. The Morgan fingerprint density at radius 2 is 2.00 bits per heavy atom. The van der Waals surface area contributed by atoms with Crippen molar-refractivity contribution in [2.75, 3.05) is 13.1 Å². The van der Waals surface area contributed by atoms with E-state index in [1.54, 1.807) is 0 Å². The lowest BCUT2D eigenvalue weighted by Gasteiger charge is -2.28. The minimum atomic E-state index is -3.85. The number of hydrogen-bond donors (Lipinski definition) is 1. The Hall–Kier alpha value is -1.51. The van der Waals surface area contributed by atoms with E-state index >= 15 is 0 Å². The first-order valence-corrected chi connectivity index (χ1v) is 8.94. The molecule has 0 amide bonds. The molecule has 1 N–H and O–H groups in total. The fourth-order valence-corrected chi connectivity index (χ4v) is 5.35. The monoisotopic (exact) mass is 325 g/mol. The van der Waals surface area contributed by atoms with Crippen LogP contribution in [0.2, 0.25) is 0 Å². The molecule has 1 aromatic rings. The number of nitro benzene ring substituents is 1. The molecule has 2 atom stereocenters. The van der Waals surface area contributed by atoms with Gasteiger partial charge in [0.1, 0.15) is 0 Å². The molecular weight excluding hydrogens is 306 g/mol. The second-order valence-electron chi connectivity index (χ2n) is 5.75. The number of nitrogens with zero attached hydrogens (tertiary/aromatic N) is 2. The molecule has 0 aromatic heterocycles. The lowest BCUT2D eigenvalue weighted by Crippen LogP contribution is -2.46. The number of para-hydroxylation sites is 1. The highest BCUT2D eigenvalue weighted by Gasteiger charge is 2.42. The van der Waals surface area contributed by atoms with Crippen molar-refractivity contribution in [3.05, 3.63) is 34.4 Å². The van der Waals surface area contributed by atoms with Crippen molar-refractivity contribution < 1.29 is 13.3 Å². The van der Waals surface area contributed by atoms with Gasteiger partial charge < -0.3 is 5.32 Å². The summed E-state index contributed by atoms with van der Waals surface area (Å²) >= 11 is 0. The Labute approximate surface area is 129 Å². The Morgan fingerprint density at radius 1 is 1.23 bits per heavy atom. The van der Waals surface area contributed by atoms with Gasteiger partial charge in [-0.3, -0.25) is 10.1 Å². The van der Waals surface area contributed by atoms with Gasteiger partial charge in [0.05, 0.1) is 4.92 Å². The summed E-state index contributed by atoms with van der Waals surface area (Å²) in [6, 6.07) is 5.62. The van der Waals surface area contributed by atoms with E-state index in [0.29, 0.717) is 6.54 Å². The summed E-state index contributed by atoms with van der Waals surface area (Å²) in [6.07, 6.45) is 3.59. The third kappa shape index (κ3) is 2.62. The van der Waals surface area contributed by atoms with Crippen LogP contribution >= 0.6 is 0 Å². The van der Waals surface area contributed by atoms with Crippen LogP contribution in [0.1, 0.15) is 25.7 Å². The SMILES string of the molecule is O=[N+]([O-])c1ccccc1S(=O)(=O)N1CCCC1C1CCCN1. The van der Waals surface area contributed by atoms with Crippen LogP contribution in [-0.2, 0) is 10.0 Å². The highest BCUT2D eigenvalue weighted by Crippen LogP contribution is 2.33. The molecule has 0 saturated carbocycles. The van der Waals surface area contributed by atoms with Crippen LogP contribution in [0.4, 0.5) is 5.69 Å². The predicted molar refractivity (Wildman–Crippen MR) is 81.0 cm³/mol. The maximum absolute atomic E-state index is 12.9. The second kappa shape index (κ2) is 5.94. The van der Waals surface area contributed by atoms with E-state index in [4.69, 9.17) is 0 Å². The van der Waals surface area contributed by atoms with Crippen LogP contribution in [0.3, 0.4) is 0 Å². The molecule has 3 rings (SSSR count). The molecule has 7 nitrogen and oxygen atoms in total. The molecule has 0 spiro atoms.